The first-order valence-electron chi connectivity index (χ1n) is 7.63. The van der Waals surface area contributed by atoms with E-state index in [1.807, 2.05) is 19.1 Å². The summed E-state index contributed by atoms with van der Waals surface area (Å²) in [6.07, 6.45) is 0.946. The maximum atomic E-state index is 12.8. The molecule has 0 unspecified atom stereocenters. The van der Waals surface area contributed by atoms with Gasteiger partial charge in [0.2, 0.25) is 0 Å². The van der Waals surface area contributed by atoms with Gasteiger partial charge in [0.15, 0.2) is 5.43 Å². The molecule has 1 N–H and O–H groups in total. The molecule has 112 valence electrons. The molecule has 0 radical (unpaired) electrons. The Hall–Kier alpha value is -1.65. The summed E-state index contributed by atoms with van der Waals surface area (Å²) >= 11 is 0. The lowest BCUT2D eigenvalue weighted by Gasteiger charge is -2.26. The topological polar surface area (TPSA) is 45.3 Å². The molecule has 1 aliphatic heterocycles. The fourth-order valence-corrected chi connectivity index (χ4v) is 2.89. The zero-order chi connectivity index (χ0) is 14.8. The van der Waals surface area contributed by atoms with Gasteiger partial charge in [-0.1, -0.05) is 13.0 Å². The Balaban J connectivity index is 2.02. The number of hydrogen-bond donors (Lipinski definition) is 1. The summed E-state index contributed by atoms with van der Waals surface area (Å²) in [7, 11) is 0. The Bertz CT molecular complexity index is 700. The van der Waals surface area contributed by atoms with E-state index in [-0.39, 0.29) is 5.43 Å². The van der Waals surface area contributed by atoms with Crippen LogP contribution in [0.1, 0.15) is 23.7 Å². The number of rotatable bonds is 3. The number of morpholine rings is 1. The molecule has 1 fully saturated rings. The average molecular weight is 286 g/mol. The number of aromatic amines is 1. The predicted molar refractivity (Wildman–Crippen MR) is 84.8 cm³/mol. The Labute approximate surface area is 124 Å². The van der Waals surface area contributed by atoms with Crippen molar-refractivity contribution >= 4 is 10.9 Å². The first-order valence-corrected chi connectivity index (χ1v) is 7.63. The van der Waals surface area contributed by atoms with Crippen LogP contribution >= 0.6 is 0 Å². The van der Waals surface area contributed by atoms with Gasteiger partial charge in [-0.05, 0) is 31.0 Å². The van der Waals surface area contributed by atoms with E-state index in [9.17, 15) is 4.79 Å². The minimum atomic E-state index is 0.169. The first-order chi connectivity index (χ1) is 10.2. The summed E-state index contributed by atoms with van der Waals surface area (Å²) in [6.45, 7) is 8.10. The van der Waals surface area contributed by atoms with Crippen molar-refractivity contribution in [2.75, 3.05) is 26.3 Å². The van der Waals surface area contributed by atoms with Gasteiger partial charge in [-0.3, -0.25) is 9.69 Å². The average Bonchev–Trinajstić information content (AvgIpc) is 2.52. The number of benzene rings is 1. The van der Waals surface area contributed by atoms with E-state index in [1.54, 1.807) is 0 Å². The van der Waals surface area contributed by atoms with Crippen LogP contribution in [-0.4, -0.2) is 36.2 Å². The maximum absolute atomic E-state index is 12.8. The molecular formula is C17H22N2O2. The Kier molecular flexibility index (Phi) is 4.08. The molecule has 2 aromatic rings. The molecule has 4 nitrogen and oxygen atoms in total. The molecule has 0 atom stereocenters. The fourth-order valence-electron chi connectivity index (χ4n) is 2.89. The Morgan fingerprint density at radius 2 is 2.05 bits per heavy atom. The largest absolute Gasteiger partial charge is 0.379 e. The van der Waals surface area contributed by atoms with E-state index >= 15 is 0 Å². The van der Waals surface area contributed by atoms with Crippen LogP contribution in [0.25, 0.3) is 10.9 Å². The lowest BCUT2D eigenvalue weighted by atomic mass is 10.0. The highest BCUT2D eigenvalue weighted by Crippen LogP contribution is 2.15. The number of aryl methyl sites for hydroxylation is 2. The number of H-pyrrole nitrogens is 1. The molecule has 0 spiro atoms. The highest BCUT2D eigenvalue weighted by Gasteiger charge is 2.16. The van der Waals surface area contributed by atoms with Gasteiger partial charge in [0.1, 0.15) is 0 Å². The number of nitrogens with zero attached hydrogens (tertiary/aromatic N) is 1. The number of aromatic nitrogens is 1. The Morgan fingerprint density at radius 3 is 2.76 bits per heavy atom. The molecule has 4 heteroatoms. The van der Waals surface area contributed by atoms with Gasteiger partial charge in [-0.25, -0.2) is 0 Å². The monoisotopic (exact) mass is 286 g/mol. The van der Waals surface area contributed by atoms with Crippen molar-refractivity contribution in [1.82, 2.24) is 9.88 Å². The number of fused-ring (bicyclic) bond motifs is 1. The van der Waals surface area contributed by atoms with Gasteiger partial charge < -0.3 is 9.72 Å². The first kappa shape index (κ1) is 14.3. The van der Waals surface area contributed by atoms with Gasteiger partial charge in [-0.15, -0.1) is 0 Å². The minimum absolute atomic E-state index is 0.169. The van der Waals surface area contributed by atoms with Gasteiger partial charge in [0, 0.05) is 41.8 Å². The molecular weight excluding hydrogens is 264 g/mol. The van der Waals surface area contributed by atoms with Gasteiger partial charge in [0.25, 0.3) is 0 Å². The lowest BCUT2D eigenvalue weighted by molar-refractivity contribution is 0.0339. The van der Waals surface area contributed by atoms with Crippen LogP contribution in [0.5, 0.6) is 0 Å². The third kappa shape index (κ3) is 2.87. The molecule has 1 saturated heterocycles. The van der Waals surface area contributed by atoms with Crippen LogP contribution < -0.4 is 5.43 Å². The van der Waals surface area contributed by atoms with Crippen LogP contribution in [0.3, 0.4) is 0 Å². The lowest BCUT2D eigenvalue weighted by Crippen LogP contribution is -2.37. The molecule has 1 aliphatic rings. The maximum Gasteiger partial charge on any atom is 0.194 e. The van der Waals surface area contributed by atoms with E-state index in [4.69, 9.17) is 4.74 Å². The molecule has 0 bridgehead atoms. The Morgan fingerprint density at radius 1 is 1.29 bits per heavy atom. The number of ether oxygens (including phenoxy) is 1. The summed E-state index contributed by atoms with van der Waals surface area (Å²) in [4.78, 5) is 18.5. The molecule has 1 aromatic carbocycles. The highest BCUT2D eigenvalue weighted by atomic mass is 16.5. The second-order valence-electron chi connectivity index (χ2n) is 5.68. The number of pyridine rings is 1. The fraction of sp³-hybridized carbons (Fsp3) is 0.471. The van der Waals surface area contributed by atoms with Crippen molar-refractivity contribution in [3.05, 3.63) is 45.2 Å². The van der Waals surface area contributed by atoms with Crippen molar-refractivity contribution < 1.29 is 4.74 Å². The van der Waals surface area contributed by atoms with Crippen LogP contribution in [0.2, 0.25) is 0 Å². The van der Waals surface area contributed by atoms with E-state index in [0.717, 1.165) is 54.9 Å². The third-order valence-electron chi connectivity index (χ3n) is 4.27. The van der Waals surface area contributed by atoms with E-state index in [1.165, 1.54) is 5.56 Å². The standard InChI is InChI=1S/C17H22N2O2/c1-3-13-4-5-16-14(10-13)17(20)15(12(2)18-16)11-19-6-8-21-9-7-19/h4-5,10H,3,6-9,11H2,1-2H3,(H,18,20). The van der Waals surface area contributed by atoms with Crippen molar-refractivity contribution in [2.45, 2.75) is 26.8 Å². The summed E-state index contributed by atoms with van der Waals surface area (Å²) in [5.41, 5.74) is 4.17. The second-order valence-corrected chi connectivity index (χ2v) is 5.68. The van der Waals surface area contributed by atoms with Crippen molar-refractivity contribution in [1.29, 1.82) is 0 Å². The predicted octanol–water partition coefficient (Wildman–Crippen LogP) is 2.23. The molecule has 21 heavy (non-hydrogen) atoms. The number of nitrogens with one attached hydrogen (secondary N) is 1. The molecule has 0 saturated carbocycles. The minimum Gasteiger partial charge on any atom is -0.379 e. The molecule has 2 heterocycles. The summed E-state index contributed by atoms with van der Waals surface area (Å²) in [6, 6.07) is 6.12. The molecule has 3 rings (SSSR count). The SMILES string of the molecule is CCc1ccc2[nH]c(C)c(CN3CCOCC3)c(=O)c2c1. The van der Waals surface area contributed by atoms with Gasteiger partial charge >= 0.3 is 0 Å². The third-order valence-corrected chi connectivity index (χ3v) is 4.27. The van der Waals surface area contributed by atoms with Crippen LogP contribution in [0.15, 0.2) is 23.0 Å². The van der Waals surface area contributed by atoms with Crippen LogP contribution in [-0.2, 0) is 17.7 Å². The zero-order valence-corrected chi connectivity index (χ0v) is 12.7. The van der Waals surface area contributed by atoms with E-state index < -0.39 is 0 Å². The number of hydrogen-bond acceptors (Lipinski definition) is 3. The summed E-state index contributed by atoms with van der Waals surface area (Å²) in [5.74, 6) is 0. The normalized spacial score (nSPS) is 16.5. The van der Waals surface area contributed by atoms with Crippen molar-refractivity contribution in [3.63, 3.8) is 0 Å². The van der Waals surface area contributed by atoms with Crippen LogP contribution in [0, 0.1) is 6.92 Å². The van der Waals surface area contributed by atoms with Gasteiger partial charge in [-0.2, -0.15) is 0 Å². The second kappa shape index (κ2) is 6.00. The quantitative estimate of drug-likeness (QED) is 0.941. The molecule has 0 amide bonds. The van der Waals surface area contributed by atoms with Crippen molar-refractivity contribution in [3.8, 4) is 0 Å². The summed E-state index contributed by atoms with van der Waals surface area (Å²) < 4.78 is 5.37. The molecule has 1 aromatic heterocycles. The van der Waals surface area contributed by atoms with Crippen molar-refractivity contribution in [2.24, 2.45) is 0 Å². The van der Waals surface area contributed by atoms with Crippen LogP contribution in [0.4, 0.5) is 0 Å². The van der Waals surface area contributed by atoms with Gasteiger partial charge in [0.05, 0.1) is 13.2 Å². The highest BCUT2D eigenvalue weighted by molar-refractivity contribution is 5.80. The molecule has 0 aliphatic carbocycles. The van der Waals surface area contributed by atoms with E-state index in [0.29, 0.717) is 6.54 Å². The smallest absolute Gasteiger partial charge is 0.194 e. The zero-order valence-electron chi connectivity index (χ0n) is 12.7. The summed E-state index contributed by atoms with van der Waals surface area (Å²) in [5, 5.41) is 0.809. The van der Waals surface area contributed by atoms with E-state index in [2.05, 4.69) is 22.9 Å².